The number of aryl methyl sites for hydroxylation is 1. The molecule has 1 N–H and O–H groups in total. The van der Waals surface area contributed by atoms with Crippen molar-refractivity contribution in [1.82, 2.24) is 9.97 Å². The highest BCUT2D eigenvalue weighted by molar-refractivity contribution is 7.71. The summed E-state index contributed by atoms with van der Waals surface area (Å²) in [6.07, 6.45) is 6.60. The molecule has 3 heteroatoms. The first-order valence-corrected chi connectivity index (χ1v) is 7.19. The lowest BCUT2D eigenvalue weighted by atomic mass is 9.88. The van der Waals surface area contributed by atoms with Crippen LogP contribution in [0, 0.1) is 23.4 Å². The van der Waals surface area contributed by atoms with Crippen LogP contribution in [0.5, 0.6) is 0 Å². The molecule has 2 aliphatic carbocycles. The molecule has 0 spiro atoms. The van der Waals surface area contributed by atoms with Crippen LogP contribution in [-0.4, -0.2) is 9.97 Å². The van der Waals surface area contributed by atoms with Gasteiger partial charge in [-0.2, -0.15) is 0 Å². The number of nitrogens with zero attached hydrogens (tertiary/aromatic N) is 1. The fourth-order valence-corrected chi connectivity index (χ4v) is 3.93. The average molecular weight is 248 g/mol. The maximum absolute atomic E-state index is 5.39. The van der Waals surface area contributed by atoms with Crippen molar-refractivity contribution in [2.24, 2.45) is 11.8 Å². The normalized spacial score (nSPS) is 31.1. The van der Waals surface area contributed by atoms with Gasteiger partial charge in [0.25, 0.3) is 0 Å². The summed E-state index contributed by atoms with van der Waals surface area (Å²) >= 11 is 5.39. The molecule has 1 heterocycles. The van der Waals surface area contributed by atoms with E-state index in [1.165, 1.54) is 37.2 Å². The van der Waals surface area contributed by atoms with Crippen molar-refractivity contribution >= 4 is 12.2 Å². The van der Waals surface area contributed by atoms with Crippen molar-refractivity contribution in [2.45, 2.75) is 51.9 Å². The fraction of sp³-hybridized carbons (Fsp3) is 0.714. The Bertz CT molecular complexity index is 491. The fourth-order valence-electron chi connectivity index (χ4n) is 3.71. The lowest BCUT2D eigenvalue weighted by Gasteiger charge is -2.21. The summed E-state index contributed by atoms with van der Waals surface area (Å²) in [4.78, 5) is 8.19. The number of rotatable bonds is 2. The molecule has 2 bridgehead atoms. The summed E-state index contributed by atoms with van der Waals surface area (Å²) in [5, 5.41) is 0. The minimum Gasteiger partial charge on any atom is -0.347 e. The van der Waals surface area contributed by atoms with Crippen LogP contribution in [-0.2, 0) is 6.42 Å². The number of H-pyrrole nitrogens is 1. The molecule has 2 saturated carbocycles. The molecule has 0 amide bonds. The Balaban J connectivity index is 1.98. The molecule has 2 aliphatic rings. The van der Waals surface area contributed by atoms with E-state index < -0.39 is 0 Å². The lowest BCUT2D eigenvalue weighted by Crippen LogP contribution is -2.14. The highest BCUT2D eigenvalue weighted by Crippen LogP contribution is 2.52. The number of hydrogen-bond acceptors (Lipinski definition) is 2. The van der Waals surface area contributed by atoms with Gasteiger partial charge in [-0.05, 0) is 44.4 Å². The smallest absolute Gasteiger partial charge is 0.132 e. The topological polar surface area (TPSA) is 28.7 Å². The Hall–Kier alpha value is -0.700. The van der Waals surface area contributed by atoms with E-state index in [-0.39, 0.29) is 0 Å². The predicted octanol–water partition coefficient (Wildman–Crippen LogP) is 3.91. The molecule has 1 aromatic heterocycles. The van der Waals surface area contributed by atoms with Crippen molar-refractivity contribution in [3.63, 3.8) is 0 Å². The zero-order valence-corrected chi connectivity index (χ0v) is 11.4. The predicted molar refractivity (Wildman–Crippen MR) is 71.7 cm³/mol. The molecule has 0 aromatic carbocycles. The van der Waals surface area contributed by atoms with Gasteiger partial charge in [0.1, 0.15) is 10.5 Å². The molecule has 92 valence electrons. The van der Waals surface area contributed by atoms with Gasteiger partial charge in [-0.15, -0.1) is 0 Å². The standard InChI is InChI=1S/C14H20N2S/c1-3-12-8(2)14(17)16-13(15-12)11-7-9-4-5-10(11)6-9/h9-11H,3-7H2,1-2H3,(H,15,16,17). The zero-order valence-electron chi connectivity index (χ0n) is 10.6. The van der Waals surface area contributed by atoms with Gasteiger partial charge >= 0.3 is 0 Å². The first-order valence-electron chi connectivity index (χ1n) is 6.78. The summed E-state index contributed by atoms with van der Waals surface area (Å²) in [6.45, 7) is 4.26. The van der Waals surface area contributed by atoms with Crippen LogP contribution < -0.4 is 0 Å². The zero-order chi connectivity index (χ0) is 12.0. The SMILES string of the molecule is CCc1[nH]c(C2CC3CCC2C3)nc(=S)c1C. The van der Waals surface area contributed by atoms with E-state index in [2.05, 4.69) is 23.8 Å². The second-order valence-corrected chi connectivity index (χ2v) is 6.05. The van der Waals surface area contributed by atoms with Gasteiger partial charge in [0, 0.05) is 17.2 Å². The molecule has 3 atom stereocenters. The van der Waals surface area contributed by atoms with Crippen LogP contribution in [0.15, 0.2) is 0 Å². The van der Waals surface area contributed by atoms with E-state index in [0.717, 1.165) is 28.5 Å². The monoisotopic (exact) mass is 248 g/mol. The van der Waals surface area contributed by atoms with Crippen molar-refractivity contribution < 1.29 is 0 Å². The van der Waals surface area contributed by atoms with Crippen molar-refractivity contribution in [3.8, 4) is 0 Å². The van der Waals surface area contributed by atoms with Gasteiger partial charge in [0.2, 0.25) is 0 Å². The summed E-state index contributed by atoms with van der Waals surface area (Å²) < 4.78 is 0.804. The summed E-state index contributed by atoms with van der Waals surface area (Å²) in [5.74, 6) is 3.65. The molecule has 3 rings (SSSR count). The number of hydrogen-bond donors (Lipinski definition) is 1. The molecular formula is C14H20N2S. The quantitative estimate of drug-likeness (QED) is 0.804. The van der Waals surface area contributed by atoms with Crippen LogP contribution in [0.4, 0.5) is 0 Å². The second-order valence-electron chi connectivity index (χ2n) is 5.67. The van der Waals surface area contributed by atoms with Gasteiger partial charge in [-0.1, -0.05) is 25.6 Å². The number of aromatic amines is 1. The Morgan fingerprint density at radius 1 is 1.35 bits per heavy atom. The molecule has 0 aliphatic heterocycles. The minimum atomic E-state index is 0.654. The molecule has 1 aromatic rings. The van der Waals surface area contributed by atoms with Gasteiger partial charge in [0.05, 0.1) is 0 Å². The van der Waals surface area contributed by atoms with Crippen LogP contribution in [0.3, 0.4) is 0 Å². The first kappa shape index (κ1) is 11.4. The number of nitrogens with one attached hydrogen (secondary N) is 1. The Morgan fingerprint density at radius 3 is 2.76 bits per heavy atom. The average Bonchev–Trinajstić information content (AvgIpc) is 2.94. The van der Waals surface area contributed by atoms with E-state index in [1.807, 2.05) is 0 Å². The van der Waals surface area contributed by atoms with Gasteiger partial charge in [-0.25, -0.2) is 4.98 Å². The van der Waals surface area contributed by atoms with Crippen LogP contribution in [0.25, 0.3) is 0 Å². The van der Waals surface area contributed by atoms with Gasteiger partial charge in [-0.3, -0.25) is 0 Å². The minimum absolute atomic E-state index is 0.654. The van der Waals surface area contributed by atoms with Gasteiger partial charge in [0.15, 0.2) is 0 Å². The van der Waals surface area contributed by atoms with E-state index in [4.69, 9.17) is 12.2 Å². The van der Waals surface area contributed by atoms with E-state index in [1.54, 1.807) is 0 Å². The van der Waals surface area contributed by atoms with Gasteiger partial charge < -0.3 is 4.98 Å². The summed E-state index contributed by atoms with van der Waals surface area (Å²) in [7, 11) is 0. The third-order valence-corrected chi connectivity index (χ3v) is 5.11. The Kier molecular flexibility index (Phi) is 2.81. The van der Waals surface area contributed by atoms with Crippen molar-refractivity contribution in [2.75, 3.05) is 0 Å². The van der Waals surface area contributed by atoms with Crippen molar-refractivity contribution in [3.05, 3.63) is 21.7 Å². The third kappa shape index (κ3) is 1.85. The molecule has 17 heavy (non-hydrogen) atoms. The molecule has 3 unspecified atom stereocenters. The lowest BCUT2D eigenvalue weighted by molar-refractivity contribution is 0.404. The van der Waals surface area contributed by atoms with Crippen LogP contribution in [0.2, 0.25) is 0 Å². The van der Waals surface area contributed by atoms with E-state index in [9.17, 15) is 0 Å². The number of fused-ring (bicyclic) bond motifs is 2. The highest BCUT2D eigenvalue weighted by atomic mass is 32.1. The molecule has 2 nitrogen and oxygen atoms in total. The van der Waals surface area contributed by atoms with E-state index >= 15 is 0 Å². The highest BCUT2D eigenvalue weighted by Gasteiger charge is 2.41. The Morgan fingerprint density at radius 2 is 2.18 bits per heavy atom. The van der Waals surface area contributed by atoms with Crippen LogP contribution >= 0.6 is 12.2 Å². The maximum atomic E-state index is 5.39. The molecule has 2 fully saturated rings. The van der Waals surface area contributed by atoms with Crippen LogP contribution in [0.1, 0.15) is 55.6 Å². The molecular weight excluding hydrogens is 228 g/mol. The molecule has 0 saturated heterocycles. The number of aromatic nitrogens is 2. The summed E-state index contributed by atoms with van der Waals surface area (Å²) in [5.41, 5.74) is 2.44. The third-order valence-electron chi connectivity index (χ3n) is 4.72. The maximum Gasteiger partial charge on any atom is 0.132 e. The molecule has 0 radical (unpaired) electrons. The first-order chi connectivity index (χ1) is 8.19. The summed E-state index contributed by atoms with van der Waals surface area (Å²) in [6, 6.07) is 0. The second kappa shape index (κ2) is 4.20. The largest absolute Gasteiger partial charge is 0.347 e. The Labute approximate surface area is 108 Å². The van der Waals surface area contributed by atoms with E-state index in [0.29, 0.717) is 5.92 Å². The van der Waals surface area contributed by atoms with Crippen molar-refractivity contribution in [1.29, 1.82) is 0 Å².